The number of hydrogen-bond donors (Lipinski definition) is 2. The third-order valence-corrected chi connectivity index (χ3v) is 3.33. The number of urea groups is 1. The number of rotatable bonds is 3. The Morgan fingerprint density at radius 2 is 1.94 bits per heavy atom. The van der Waals surface area contributed by atoms with Gasteiger partial charge < -0.3 is 11.1 Å². The fourth-order valence-electron chi connectivity index (χ4n) is 1.99. The number of nitrogens with two attached hydrogens (primary N) is 1. The predicted molar refractivity (Wildman–Crippen MR) is 70.1 cm³/mol. The van der Waals surface area contributed by atoms with Crippen molar-refractivity contribution in [1.29, 1.82) is 0 Å². The van der Waals surface area contributed by atoms with Crippen molar-refractivity contribution in [3.63, 3.8) is 0 Å². The summed E-state index contributed by atoms with van der Waals surface area (Å²) in [6.45, 7) is 3.95. The van der Waals surface area contributed by atoms with Crippen molar-refractivity contribution in [2.45, 2.75) is 26.3 Å². The van der Waals surface area contributed by atoms with Crippen LogP contribution in [0.2, 0.25) is 0 Å². The lowest BCUT2D eigenvalue weighted by Gasteiger charge is -2.16. The zero-order valence-electron chi connectivity index (χ0n) is 10.5. The van der Waals surface area contributed by atoms with Crippen LogP contribution in [0.1, 0.15) is 20.3 Å². The van der Waals surface area contributed by atoms with Crippen molar-refractivity contribution >= 4 is 23.3 Å². The van der Waals surface area contributed by atoms with E-state index in [0.29, 0.717) is 11.4 Å². The van der Waals surface area contributed by atoms with Crippen LogP contribution < -0.4 is 16.0 Å². The second-order valence-corrected chi connectivity index (χ2v) is 4.58. The lowest BCUT2D eigenvalue weighted by Crippen LogP contribution is -2.35. The minimum absolute atomic E-state index is 0.125. The van der Waals surface area contributed by atoms with E-state index in [0.717, 1.165) is 6.42 Å². The van der Waals surface area contributed by atoms with E-state index in [1.165, 1.54) is 4.90 Å². The van der Waals surface area contributed by atoms with Gasteiger partial charge in [0.1, 0.15) is 6.04 Å². The number of nitrogens with zero attached hydrogens (tertiary/aromatic N) is 1. The van der Waals surface area contributed by atoms with Crippen LogP contribution in [-0.4, -0.2) is 18.0 Å². The number of amides is 3. The summed E-state index contributed by atoms with van der Waals surface area (Å²) in [7, 11) is 0. The maximum Gasteiger partial charge on any atom is 0.329 e. The van der Waals surface area contributed by atoms with E-state index in [4.69, 9.17) is 5.73 Å². The molecule has 1 heterocycles. The van der Waals surface area contributed by atoms with Gasteiger partial charge in [0.25, 0.3) is 5.91 Å². The van der Waals surface area contributed by atoms with E-state index in [1.807, 2.05) is 13.8 Å². The van der Waals surface area contributed by atoms with Crippen LogP contribution in [0, 0.1) is 5.92 Å². The maximum atomic E-state index is 12.2. The molecule has 1 fully saturated rings. The van der Waals surface area contributed by atoms with E-state index < -0.39 is 6.04 Å². The highest BCUT2D eigenvalue weighted by Crippen LogP contribution is 2.24. The van der Waals surface area contributed by atoms with Crippen molar-refractivity contribution in [1.82, 2.24) is 5.32 Å². The molecule has 0 bridgehead atoms. The Morgan fingerprint density at radius 3 is 2.50 bits per heavy atom. The first-order chi connectivity index (χ1) is 8.54. The molecule has 0 spiro atoms. The molecule has 0 saturated carbocycles. The highest BCUT2D eigenvalue weighted by molar-refractivity contribution is 6.21. The third-order valence-electron chi connectivity index (χ3n) is 3.33. The Morgan fingerprint density at radius 1 is 1.33 bits per heavy atom. The minimum atomic E-state index is -0.431. The molecule has 1 unspecified atom stereocenters. The largest absolute Gasteiger partial charge is 0.399 e. The van der Waals surface area contributed by atoms with Crippen LogP contribution in [0.25, 0.3) is 0 Å². The molecule has 2 atom stereocenters. The lowest BCUT2D eigenvalue weighted by molar-refractivity contribution is -0.119. The van der Waals surface area contributed by atoms with Gasteiger partial charge in [-0.2, -0.15) is 0 Å². The summed E-state index contributed by atoms with van der Waals surface area (Å²) < 4.78 is 0. The molecule has 2 rings (SSSR count). The minimum Gasteiger partial charge on any atom is -0.399 e. The standard InChI is InChI=1S/C13H17N3O2/c1-3-8(2)11-12(17)16(13(18)15-11)10-6-4-9(14)5-7-10/h4-8,11H,3,14H2,1-2H3,(H,15,18)/t8?,11-/m0/s1. The first-order valence-electron chi connectivity index (χ1n) is 6.04. The van der Waals surface area contributed by atoms with Crippen molar-refractivity contribution in [2.24, 2.45) is 5.92 Å². The van der Waals surface area contributed by atoms with E-state index in [9.17, 15) is 9.59 Å². The first kappa shape index (κ1) is 12.4. The van der Waals surface area contributed by atoms with Gasteiger partial charge in [-0.25, -0.2) is 9.69 Å². The lowest BCUT2D eigenvalue weighted by atomic mass is 9.99. The summed E-state index contributed by atoms with van der Waals surface area (Å²) >= 11 is 0. The molecular formula is C13H17N3O2. The van der Waals surface area contributed by atoms with Crippen LogP contribution in [0.15, 0.2) is 24.3 Å². The molecule has 0 radical (unpaired) electrons. The summed E-state index contributed by atoms with van der Waals surface area (Å²) in [5, 5.41) is 2.72. The number of anilines is 2. The number of nitrogens with one attached hydrogen (secondary N) is 1. The first-order valence-corrected chi connectivity index (χ1v) is 6.04. The number of benzene rings is 1. The number of hydrogen-bond acceptors (Lipinski definition) is 3. The molecule has 3 N–H and O–H groups in total. The third kappa shape index (κ3) is 2.03. The highest BCUT2D eigenvalue weighted by atomic mass is 16.2. The Kier molecular flexibility index (Phi) is 3.23. The quantitative estimate of drug-likeness (QED) is 0.631. The smallest absolute Gasteiger partial charge is 0.329 e. The van der Waals surface area contributed by atoms with Crippen molar-refractivity contribution in [2.75, 3.05) is 10.6 Å². The molecule has 5 nitrogen and oxygen atoms in total. The van der Waals surface area contributed by atoms with Gasteiger partial charge in [0, 0.05) is 5.69 Å². The molecule has 1 saturated heterocycles. The molecule has 3 amide bonds. The fourth-order valence-corrected chi connectivity index (χ4v) is 1.99. The summed E-state index contributed by atoms with van der Waals surface area (Å²) in [4.78, 5) is 25.3. The van der Waals surface area contributed by atoms with Crippen molar-refractivity contribution in [3.8, 4) is 0 Å². The topological polar surface area (TPSA) is 75.4 Å². The molecule has 1 aliphatic rings. The second kappa shape index (κ2) is 4.68. The Labute approximate surface area is 106 Å². The van der Waals surface area contributed by atoms with E-state index in [2.05, 4.69) is 5.32 Å². The highest BCUT2D eigenvalue weighted by Gasteiger charge is 2.41. The Bertz CT molecular complexity index is 470. The summed E-state index contributed by atoms with van der Waals surface area (Å²) in [5.41, 5.74) is 6.74. The summed E-state index contributed by atoms with van der Waals surface area (Å²) in [6, 6.07) is 5.89. The van der Waals surface area contributed by atoms with Crippen LogP contribution in [0.3, 0.4) is 0 Å². The molecule has 1 aromatic carbocycles. The van der Waals surface area contributed by atoms with E-state index in [-0.39, 0.29) is 17.9 Å². The fraction of sp³-hybridized carbons (Fsp3) is 0.385. The van der Waals surface area contributed by atoms with Crippen LogP contribution in [0.5, 0.6) is 0 Å². The molecule has 1 aromatic rings. The van der Waals surface area contributed by atoms with E-state index in [1.54, 1.807) is 24.3 Å². The molecular weight excluding hydrogens is 230 g/mol. The zero-order chi connectivity index (χ0) is 13.3. The van der Waals surface area contributed by atoms with Crippen LogP contribution >= 0.6 is 0 Å². The summed E-state index contributed by atoms with van der Waals surface area (Å²) in [5.74, 6) is -0.0700. The Hall–Kier alpha value is -2.04. The van der Waals surface area contributed by atoms with Crippen LogP contribution in [0.4, 0.5) is 16.2 Å². The van der Waals surface area contributed by atoms with Gasteiger partial charge in [0.05, 0.1) is 5.69 Å². The van der Waals surface area contributed by atoms with Gasteiger partial charge in [-0.3, -0.25) is 4.79 Å². The Balaban J connectivity index is 2.27. The SMILES string of the molecule is CCC(C)[C@@H]1NC(=O)N(c2ccc(N)cc2)C1=O. The second-order valence-electron chi connectivity index (χ2n) is 4.58. The molecule has 5 heteroatoms. The van der Waals surface area contributed by atoms with Crippen LogP contribution in [-0.2, 0) is 4.79 Å². The molecule has 0 aromatic heterocycles. The number of imide groups is 1. The zero-order valence-corrected chi connectivity index (χ0v) is 10.5. The van der Waals surface area contributed by atoms with E-state index >= 15 is 0 Å². The normalized spacial score (nSPS) is 21.0. The average molecular weight is 247 g/mol. The average Bonchev–Trinajstić information content (AvgIpc) is 2.65. The van der Waals surface area contributed by atoms with Gasteiger partial charge in [0.2, 0.25) is 0 Å². The monoisotopic (exact) mass is 247 g/mol. The number of carbonyl (C=O) groups excluding carboxylic acids is 2. The maximum absolute atomic E-state index is 12.2. The molecule has 0 aliphatic carbocycles. The number of carbonyl (C=O) groups is 2. The van der Waals surface area contributed by atoms with Gasteiger partial charge in [-0.1, -0.05) is 20.3 Å². The van der Waals surface area contributed by atoms with Gasteiger partial charge in [0.15, 0.2) is 0 Å². The number of nitrogen functional groups attached to an aromatic ring is 1. The van der Waals surface area contributed by atoms with Gasteiger partial charge in [-0.15, -0.1) is 0 Å². The predicted octanol–water partition coefficient (Wildman–Crippen LogP) is 1.74. The van der Waals surface area contributed by atoms with Gasteiger partial charge in [-0.05, 0) is 30.2 Å². The summed E-state index contributed by atoms with van der Waals surface area (Å²) in [6.07, 6.45) is 0.840. The molecule has 96 valence electrons. The van der Waals surface area contributed by atoms with Crippen molar-refractivity contribution in [3.05, 3.63) is 24.3 Å². The molecule has 1 aliphatic heterocycles. The molecule has 18 heavy (non-hydrogen) atoms. The van der Waals surface area contributed by atoms with Crippen molar-refractivity contribution < 1.29 is 9.59 Å². The van der Waals surface area contributed by atoms with Gasteiger partial charge >= 0.3 is 6.03 Å².